The molecule has 2 aromatic carbocycles. The molecule has 1 saturated heterocycles. The first-order chi connectivity index (χ1) is 19.8. The number of carbonyl (C=O) groups is 3. The Balaban J connectivity index is 1.84. The molecule has 12 nitrogen and oxygen atoms in total. The van der Waals surface area contributed by atoms with E-state index >= 15 is 0 Å². The molecule has 12 heteroatoms. The Morgan fingerprint density at radius 3 is 2.07 bits per heavy atom. The van der Waals surface area contributed by atoms with Crippen LogP contribution in [0.15, 0.2) is 17.3 Å². The standard InChI is InChI=1S/C30H32N2O10/c1-8-11(2)30(39)42-10-16-17-14(22(33)12(3)27(40-6)25(17)36)9-15-20-18-19(23(34)13(4)28(41-7)26(18)37)24(35)21(31(20)5)29(38)32(15)16/h8-9,16,20-21,33-34,36-37H,10H2,1-7H3/b11-8-/t16-,20?,21?/m0/s1. The molecule has 1 fully saturated rings. The molecule has 3 aliphatic rings. The highest BCUT2D eigenvalue weighted by Crippen LogP contribution is 2.58. The minimum absolute atomic E-state index is 0.0142. The molecule has 42 heavy (non-hydrogen) atoms. The summed E-state index contributed by atoms with van der Waals surface area (Å²) < 4.78 is 16.3. The third-order valence-corrected chi connectivity index (χ3v) is 8.47. The third-order valence-electron chi connectivity index (χ3n) is 8.47. The third kappa shape index (κ3) is 3.67. The van der Waals surface area contributed by atoms with Crippen LogP contribution >= 0.6 is 0 Å². The molecule has 2 aromatic rings. The van der Waals surface area contributed by atoms with Gasteiger partial charge in [0, 0.05) is 39.1 Å². The first kappa shape index (κ1) is 28.8. The van der Waals surface area contributed by atoms with Gasteiger partial charge in [0.2, 0.25) is 0 Å². The summed E-state index contributed by atoms with van der Waals surface area (Å²) in [5.41, 5.74) is 0.885. The molecule has 0 radical (unpaired) electrons. The average molecular weight is 581 g/mol. The van der Waals surface area contributed by atoms with Gasteiger partial charge in [-0.2, -0.15) is 0 Å². The highest BCUT2D eigenvalue weighted by atomic mass is 16.5. The van der Waals surface area contributed by atoms with Gasteiger partial charge in [-0.1, -0.05) is 6.08 Å². The van der Waals surface area contributed by atoms with Crippen LogP contribution < -0.4 is 9.47 Å². The number of Topliss-reactive ketones (excluding diaryl/α,β-unsaturated/α-hetero) is 1. The van der Waals surface area contributed by atoms with Crippen molar-refractivity contribution in [3.8, 4) is 34.5 Å². The van der Waals surface area contributed by atoms with E-state index in [4.69, 9.17) is 14.2 Å². The van der Waals surface area contributed by atoms with Crippen LogP contribution in [-0.2, 0) is 14.3 Å². The minimum Gasteiger partial charge on any atom is -0.507 e. The van der Waals surface area contributed by atoms with Gasteiger partial charge in [-0.05, 0) is 40.8 Å². The summed E-state index contributed by atoms with van der Waals surface area (Å²) in [6, 6.07) is -3.61. The molecule has 0 aliphatic carbocycles. The number of esters is 1. The lowest BCUT2D eigenvalue weighted by Gasteiger charge is -2.52. The van der Waals surface area contributed by atoms with Crippen LogP contribution in [0.3, 0.4) is 0 Å². The highest BCUT2D eigenvalue weighted by molar-refractivity contribution is 6.18. The smallest absolute Gasteiger partial charge is 0.333 e. The number of hydrogen-bond donors (Lipinski definition) is 4. The van der Waals surface area contributed by atoms with E-state index in [1.54, 1.807) is 26.8 Å². The molecule has 3 aliphatic heterocycles. The number of rotatable bonds is 5. The summed E-state index contributed by atoms with van der Waals surface area (Å²) in [4.78, 5) is 43.4. The molecular weight excluding hydrogens is 548 g/mol. The SMILES string of the molecule is C/C=C(/C)C(=O)OC[C@H]1c2c(O)c(OC)c(C)c(O)c2C=C2C3c4c(O)c(OC)c(C)c(O)c4C(=O)C(C(=O)N21)N3C. The largest absolute Gasteiger partial charge is 0.507 e. The first-order valence-corrected chi connectivity index (χ1v) is 13.2. The van der Waals surface area contributed by atoms with Gasteiger partial charge in [0.15, 0.2) is 34.8 Å². The Morgan fingerprint density at radius 2 is 1.50 bits per heavy atom. The monoisotopic (exact) mass is 580 g/mol. The lowest BCUT2D eigenvalue weighted by Crippen LogP contribution is -2.62. The van der Waals surface area contributed by atoms with Gasteiger partial charge in [-0.15, -0.1) is 0 Å². The number of hydrogen-bond acceptors (Lipinski definition) is 11. The van der Waals surface area contributed by atoms with Gasteiger partial charge < -0.3 is 39.5 Å². The summed E-state index contributed by atoms with van der Waals surface area (Å²) in [6.45, 7) is 5.80. The van der Waals surface area contributed by atoms with Crippen molar-refractivity contribution in [2.75, 3.05) is 27.9 Å². The van der Waals surface area contributed by atoms with Crippen LogP contribution in [0.1, 0.15) is 64.1 Å². The van der Waals surface area contributed by atoms with Gasteiger partial charge >= 0.3 is 5.97 Å². The fourth-order valence-corrected chi connectivity index (χ4v) is 6.22. The van der Waals surface area contributed by atoms with Gasteiger partial charge in [0.1, 0.15) is 24.1 Å². The Labute approximate surface area is 241 Å². The normalized spacial score (nSPS) is 21.3. The average Bonchev–Trinajstić information content (AvgIpc) is 2.96. The number of ether oxygens (including phenoxy) is 3. The van der Waals surface area contributed by atoms with Gasteiger partial charge in [0.05, 0.1) is 25.8 Å². The minimum atomic E-state index is -1.42. The van der Waals surface area contributed by atoms with Crippen LogP contribution in [0.4, 0.5) is 0 Å². The summed E-state index contributed by atoms with van der Waals surface area (Å²) in [5.74, 6) is -3.62. The molecule has 3 heterocycles. The zero-order valence-corrected chi connectivity index (χ0v) is 24.2. The number of phenolic OH excluding ortho intramolecular Hbond substituents is 4. The Kier molecular flexibility index (Phi) is 6.85. The summed E-state index contributed by atoms with van der Waals surface area (Å²) in [6.07, 6.45) is 3.04. The van der Waals surface area contributed by atoms with E-state index in [0.717, 1.165) is 0 Å². The maximum Gasteiger partial charge on any atom is 0.333 e. The van der Waals surface area contributed by atoms with Crippen molar-refractivity contribution < 1.29 is 49.0 Å². The van der Waals surface area contributed by atoms with Crippen molar-refractivity contribution >= 4 is 23.7 Å². The molecular formula is C30H32N2O10. The summed E-state index contributed by atoms with van der Waals surface area (Å²) >= 11 is 0. The van der Waals surface area contributed by atoms with E-state index in [0.29, 0.717) is 5.57 Å². The predicted octanol–water partition coefficient (Wildman–Crippen LogP) is 3.13. The second-order valence-electron chi connectivity index (χ2n) is 10.5. The lowest BCUT2D eigenvalue weighted by molar-refractivity contribution is -0.148. The molecule has 0 saturated carbocycles. The molecule has 0 aromatic heterocycles. The van der Waals surface area contributed by atoms with Crippen molar-refractivity contribution in [2.24, 2.45) is 0 Å². The van der Waals surface area contributed by atoms with E-state index in [1.165, 1.54) is 44.1 Å². The fourth-order valence-electron chi connectivity index (χ4n) is 6.22. The Hall–Kier alpha value is -4.71. The van der Waals surface area contributed by atoms with Gasteiger partial charge in [0.25, 0.3) is 5.91 Å². The Bertz CT molecular complexity index is 1640. The maximum atomic E-state index is 14.2. The number of amides is 1. The lowest BCUT2D eigenvalue weighted by atomic mass is 9.77. The number of methoxy groups -OCH3 is 2. The molecule has 5 rings (SSSR count). The number of likely N-dealkylation sites (N-methyl/N-ethyl adjacent to an activating group) is 1. The number of piperazine rings is 1. The van der Waals surface area contributed by atoms with Gasteiger partial charge in [-0.25, -0.2) is 4.79 Å². The number of benzene rings is 2. The van der Waals surface area contributed by atoms with E-state index in [1.807, 2.05) is 0 Å². The number of aromatic hydroxyl groups is 4. The van der Waals surface area contributed by atoms with Crippen molar-refractivity contribution in [2.45, 2.75) is 45.8 Å². The van der Waals surface area contributed by atoms with E-state index in [-0.39, 0.29) is 62.1 Å². The molecule has 1 amide bonds. The van der Waals surface area contributed by atoms with Crippen molar-refractivity contribution in [3.63, 3.8) is 0 Å². The van der Waals surface area contributed by atoms with Crippen LogP contribution in [0, 0.1) is 13.8 Å². The maximum absolute atomic E-state index is 14.2. The number of phenols is 4. The number of fused-ring (bicyclic) bond motifs is 7. The zero-order chi connectivity index (χ0) is 30.9. The number of allylic oxidation sites excluding steroid dienone is 1. The van der Waals surface area contributed by atoms with E-state index in [9.17, 15) is 34.8 Å². The molecule has 2 unspecified atom stereocenters. The highest BCUT2D eigenvalue weighted by Gasteiger charge is 2.57. The predicted molar refractivity (Wildman–Crippen MR) is 149 cm³/mol. The summed E-state index contributed by atoms with van der Waals surface area (Å²) in [5, 5.41) is 45.0. The molecule has 2 bridgehead atoms. The van der Waals surface area contributed by atoms with Crippen molar-refractivity contribution in [3.05, 3.63) is 50.7 Å². The van der Waals surface area contributed by atoms with Crippen LogP contribution in [0.5, 0.6) is 34.5 Å². The molecule has 4 N–H and O–H groups in total. The fraction of sp³-hybridized carbons (Fsp3) is 0.367. The Morgan fingerprint density at radius 1 is 0.929 bits per heavy atom. The second kappa shape index (κ2) is 9.98. The zero-order valence-electron chi connectivity index (χ0n) is 24.2. The summed E-state index contributed by atoms with van der Waals surface area (Å²) in [7, 11) is 4.16. The van der Waals surface area contributed by atoms with Crippen molar-refractivity contribution in [1.29, 1.82) is 0 Å². The number of nitrogens with zero attached hydrogens (tertiary/aromatic N) is 2. The quantitative estimate of drug-likeness (QED) is 0.178. The van der Waals surface area contributed by atoms with E-state index in [2.05, 4.69) is 0 Å². The van der Waals surface area contributed by atoms with E-state index < -0.39 is 53.9 Å². The first-order valence-electron chi connectivity index (χ1n) is 13.2. The molecule has 0 spiro atoms. The van der Waals surface area contributed by atoms with Crippen LogP contribution in [0.2, 0.25) is 0 Å². The van der Waals surface area contributed by atoms with Gasteiger partial charge in [-0.3, -0.25) is 14.5 Å². The van der Waals surface area contributed by atoms with Crippen LogP contribution in [-0.4, -0.2) is 81.8 Å². The topological polar surface area (TPSA) is 166 Å². The second-order valence-corrected chi connectivity index (χ2v) is 10.5. The molecule has 222 valence electrons. The number of ketones is 1. The van der Waals surface area contributed by atoms with Crippen LogP contribution in [0.25, 0.3) is 6.08 Å². The molecule has 3 atom stereocenters. The number of carbonyl (C=O) groups excluding carboxylic acids is 3. The van der Waals surface area contributed by atoms with Crippen molar-refractivity contribution in [1.82, 2.24) is 9.80 Å².